The van der Waals surface area contributed by atoms with Crippen LogP contribution in [-0.4, -0.2) is 37.3 Å². The fourth-order valence-corrected chi connectivity index (χ4v) is 2.49. The van der Waals surface area contributed by atoms with Gasteiger partial charge in [0.05, 0.1) is 17.2 Å². The number of hydrogen-bond acceptors (Lipinski definition) is 5. The average molecular weight is 358 g/mol. The van der Waals surface area contributed by atoms with Gasteiger partial charge in [-0.15, -0.1) is 0 Å². The third kappa shape index (κ3) is 2.87. The van der Waals surface area contributed by atoms with E-state index in [0.717, 1.165) is 0 Å². The van der Waals surface area contributed by atoms with Gasteiger partial charge in [-0.3, -0.25) is 0 Å². The highest BCUT2D eigenvalue weighted by Gasteiger charge is 2.24. The standard InChI is InChI=1S/C14H11ClF3N5O/c1-6(24)4-19-13-11(10-8(17)2-7(16)3-9(10)18)12(15)22-14-20-5-21-23(13)14/h2-3,5-6,19,24H,4H2,1H3. The van der Waals surface area contributed by atoms with E-state index in [0.29, 0.717) is 12.1 Å². The van der Waals surface area contributed by atoms with Gasteiger partial charge >= 0.3 is 0 Å². The minimum Gasteiger partial charge on any atom is -0.392 e. The number of anilines is 1. The van der Waals surface area contributed by atoms with Crippen LogP contribution < -0.4 is 5.32 Å². The van der Waals surface area contributed by atoms with Crippen molar-refractivity contribution in [3.8, 4) is 11.1 Å². The summed E-state index contributed by atoms with van der Waals surface area (Å²) < 4.78 is 42.7. The molecule has 3 rings (SSSR count). The Labute approximate surface area is 138 Å². The maximum absolute atomic E-state index is 14.2. The van der Waals surface area contributed by atoms with Gasteiger partial charge in [0.25, 0.3) is 5.78 Å². The molecule has 0 aliphatic heterocycles. The summed E-state index contributed by atoms with van der Waals surface area (Å²) in [6.45, 7) is 1.57. The zero-order chi connectivity index (χ0) is 17.4. The fourth-order valence-electron chi connectivity index (χ4n) is 2.23. The second-order valence-electron chi connectivity index (χ2n) is 5.07. The lowest BCUT2D eigenvalue weighted by molar-refractivity contribution is 0.208. The molecule has 24 heavy (non-hydrogen) atoms. The minimum absolute atomic E-state index is 0.0483. The molecule has 0 aliphatic rings. The number of benzene rings is 1. The molecular formula is C14H11ClF3N5O. The molecule has 2 N–H and O–H groups in total. The topological polar surface area (TPSA) is 75.3 Å². The first-order valence-electron chi connectivity index (χ1n) is 6.84. The van der Waals surface area contributed by atoms with E-state index in [-0.39, 0.29) is 28.9 Å². The molecule has 0 aliphatic carbocycles. The number of hydrogen-bond donors (Lipinski definition) is 2. The lowest BCUT2D eigenvalue weighted by Gasteiger charge is -2.16. The Bertz CT molecular complexity index is 892. The van der Waals surface area contributed by atoms with E-state index in [9.17, 15) is 18.3 Å². The Kier molecular flexibility index (Phi) is 4.29. The van der Waals surface area contributed by atoms with Gasteiger partial charge in [0.1, 0.15) is 34.7 Å². The Morgan fingerprint density at radius 1 is 1.25 bits per heavy atom. The smallest absolute Gasteiger partial charge is 0.255 e. The Morgan fingerprint density at radius 3 is 2.54 bits per heavy atom. The number of nitrogens with one attached hydrogen (secondary N) is 1. The van der Waals surface area contributed by atoms with Crippen molar-refractivity contribution in [1.29, 1.82) is 0 Å². The van der Waals surface area contributed by atoms with Crippen LogP contribution in [0.25, 0.3) is 16.9 Å². The Balaban J connectivity index is 2.30. The number of aliphatic hydroxyl groups excluding tert-OH is 1. The highest BCUT2D eigenvalue weighted by molar-refractivity contribution is 6.33. The molecule has 2 aromatic heterocycles. The summed E-state index contributed by atoms with van der Waals surface area (Å²) in [4.78, 5) is 7.80. The Hall–Kier alpha value is -2.39. The van der Waals surface area contributed by atoms with Crippen LogP contribution in [0.1, 0.15) is 6.92 Å². The van der Waals surface area contributed by atoms with Gasteiger partial charge in [0, 0.05) is 18.7 Å². The summed E-state index contributed by atoms with van der Waals surface area (Å²) in [7, 11) is 0. The number of aliphatic hydroxyl groups is 1. The van der Waals surface area contributed by atoms with Crippen molar-refractivity contribution in [3.63, 3.8) is 0 Å². The molecule has 0 amide bonds. The predicted molar refractivity (Wildman–Crippen MR) is 81.3 cm³/mol. The number of aromatic nitrogens is 4. The van der Waals surface area contributed by atoms with Crippen LogP contribution in [0.3, 0.4) is 0 Å². The van der Waals surface area contributed by atoms with Crippen molar-refractivity contribution >= 4 is 23.2 Å². The molecule has 0 radical (unpaired) electrons. The summed E-state index contributed by atoms with van der Waals surface area (Å²) in [5.41, 5.74) is -0.704. The second-order valence-corrected chi connectivity index (χ2v) is 5.43. The monoisotopic (exact) mass is 357 g/mol. The molecule has 3 aromatic rings. The van der Waals surface area contributed by atoms with Gasteiger partial charge in [-0.1, -0.05) is 11.6 Å². The average Bonchev–Trinajstić information content (AvgIpc) is 2.93. The first kappa shape index (κ1) is 16.5. The number of fused-ring (bicyclic) bond motifs is 1. The maximum atomic E-state index is 14.2. The molecule has 1 aromatic carbocycles. The van der Waals surface area contributed by atoms with Gasteiger partial charge in [0.2, 0.25) is 0 Å². The highest BCUT2D eigenvalue weighted by atomic mass is 35.5. The summed E-state index contributed by atoms with van der Waals surface area (Å²) in [6.07, 6.45) is 0.430. The van der Waals surface area contributed by atoms with E-state index in [1.54, 1.807) is 0 Å². The van der Waals surface area contributed by atoms with Crippen LogP contribution in [-0.2, 0) is 0 Å². The molecule has 0 fully saturated rings. The molecule has 10 heteroatoms. The molecule has 0 saturated heterocycles. The third-order valence-electron chi connectivity index (χ3n) is 3.20. The molecule has 0 saturated carbocycles. The van der Waals surface area contributed by atoms with Crippen molar-refractivity contribution in [2.24, 2.45) is 0 Å². The van der Waals surface area contributed by atoms with E-state index in [1.807, 2.05) is 0 Å². The number of halogens is 4. The molecule has 126 valence electrons. The zero-order valence-corrected chi connectivity index (χ0v) is 13.0. The van der Waals surface area contributed by atoms with E-state index in [4.69, 9.17) is 11.6 Å². The normalized spacial score (nSPS) is 12.6. The molecule has 1 unspecified atom stereocenters. The van der Waals surface area contributed by atoms with E-state index in [1.165, 1.54) is 17.8 Å². The van der Waals surface area contributed by atoms with Crippen LogP contribution in [0, 0.1) is 17.5 Å². The second kappa shape index (κ2) is 6.25. The van der Waals surface area contributed by atoms with Crippen LogP contribution in [0.2, 0.25) is 5.15 Å². The van der Waals surface area contributed by atoms with Gasteiger partial charge in [0.15, 0.2) is 0 Å². The highest BCUT2D eigenvalue weighted by Crippen LogP contribution is 2.37. The first-order valence-corrected chi connectivity index (χ1v) is 7.22. The minimum atomic E-state index is -1.14. The summed E-state index contributed by atoms with van der Waals surface area (Å²) in [5, 5.41) is 15.9. The third-order valence-corrected chi connectivity index (χ3v) is 3.48. The summed E-state index contributed by atoms with van der Waals surface area (Å²) in [5.74, 6) is -3.17. The summed E-state index contributed by atoms with van der Waals surface area (Å²) >= 11 is 6.08. The molecule has 0 spiro atoms. The van der Waals surface area contributed by atoms with Gasteiger partial charge in [-0.05, 0) is 6.92 Å². The fraction of sp³-hybridized carbons (Fsp3) is 0.214. The summed E-state index contributed by atoms with van der Waals surface area (Å²) in [6, 6.07) is 1.08. The number of nitrogens with zero attached hydrogens (tertiary/aromatic N) is 4. The van der Waals surface area contributed by atoms with Gasteiger partial charge < -0.3 is 10.4 Å². The Morgan fingerprint density at radius 2 is 1.92 bits per heavy atom. The van der Waals surface area contributed by atoms with Gasteiger partial charge in [-0.25, -0.2) is 13.2 Å². The van der Waals surface area contributed by atoms with Crippen LogP contribution in [0.4, 0.5) is 19.0 Å². The zero-order valence-electron chi connectivity index (χ0n) is 12.3. The van der Waals surface area contributed by atoms with Crippen molar-refractivity contribution < 1.29 is 18.3 Å². The molecule has 1 atom stereocenters. The van der Waals surface area contributed by atoms with Crippen molar-refractivity contribution in [3.05, 3.63) is 41.1 Å². The number of rotatable bonds is 4. The SMILES string of the molecule is CC(O)CNc1c(-c2c(F)cc(F)cc2F)c(Cl)nc2ncnn12. The lowest BCUT2D eigenvalue weighted by Crippen LogP contribution is -2.19. The van der Waals surface area contributed by atoms with Crippen molar-refractivity contribution in [2.45, 2.75) is 13.0 Å². The van der Waals surface area contributed by atoms with Crippen LogP contribution in [0.15, 0.2) is 18.5 Å². The van der Waals surface area contributed by atoms with Crippen molar-refractivity contribution in [2.75, 3.05) is 11.9 Å². The van der Waals surface area contributed by atoms with E-state index in [2.05, 4.69) is 20.4 Å². The maximum Gasteiger partial charge on any atom is 0.255 e. The van der Waals surface area contributed by atoms with Crippen molar-refractivity contribution in [1.82, 2.24) is 19.6 Å². The predicted octanol–water partition coefficient (Wildman–Crippen LogP) is 2.65. The molecule has 0 bridgehead atoms. The molecule has 6 nitrogen and oxygen atoms in total. The molecular weight excluding hydrogens is 347 g/mol. The lowest BCUT2D eigenvalue weighted by atomic mass is 10.1. The van der Waals surface area contributed by atoms with Gasteiger partial charge in [-0.2, -0.15) is 19.6 Å². The van der Waals surface area contributed by atoms with Crippen LogP contribution in [0.5, 0.6) is 0 Å². The van der Waals surface area contributed by atoms with E-state index >= 15 is 0 Å². The first-order chi connectivity index (χ1) is 11.4. The largest absolute Gasteiger partial charge is 0.392 e. The van der Waals surface area contributed by atoms with E-state index < -0.39 is 29.1 Å². The van der Waals surface area contributed by atoms with Crippen LogP contribution >= 0.6 is 11.6 Å². The quantitative estimate of drug-likeness (QED) is 0.702. The molecule has 2 heterocycles.